The second kappa shape index (κ2) is 6.86. The molecule has 0 radical (unpaired) electrons. The lowest BCUT2D eigenvalue weighted by Gasteiger charge is -2.14. The van der Waals surface area contributed by atoms with Crippen molar-refractivity contribution in [2.45, 2.75) is 19.5 Å². The second-order valence-corrected chi connectivity index (χ2v) is 5.17. The van der Waals surface area contributed by atoms with Crippen molar-refractivity contribution in [3.63, 3.8) is 0 Å². The zero-order valence-electron chi connectivity index (χ0n) is 13.0. The summed E-state index contributed by atoms with van der Waals surface area (Å²) in [6, 6.07) is 5.51. The zero-order chi connectivity index (χ0) is 18.7. The highest BCUT2D eigenvalue weighted by Gasteiger charge is 2.33. The Kier molecular flexibility index (Phi) is 4.61. The lowest BCUT2D eigenvalue weighted by Crippen LogP contribution is -2.19. The van der Waals surface area contributed by atoms with E-state index in [0.717, 1.165) is 6.07 Å². The second-order valence-electron chi connectivity index (χ2n) is 5.17. The zero-order valence-corrected chi connectivity index (χ0v) is 13.0. The van der Waals surface area contributed by atoms with Crippen LogP contribution in [-0.4, -0.2) is 27.7 Å². The van der Waals surface area contributed by atoms with E-state index in [-0.39, 0.29) is 18.9 Å². The van der Waals surface area contributed by atoms with Crippen molar-refractivity contribution >= 4 is 17.0 Å². The van der Waals surface area contributed by atoms with E-state index >= 15 is 0 Å². The molecule has 0 aliphatic heterocycles. The van der Waals surface area contributed by atoms with Gasteiger partial charge in [0, 0.05) is 28.7 Å². The number of H-pyrrole nitrogens is 1. The van der Waals surface area contributed by atoms with Gasteiger partial charge in [0.15, 0.2) is 11.5 Å². The van der Waals surface area contributed by atoms with Crippen molar-refractivity contribution in [1.29, 1.82) is 0 Å². The number of nitrogens with zero attached hydrogens (tertiary/aromatic N) is 1. The monoisotopic (exact) mass is 371 g/mol. The Balaban J connectivity index is 1.90. The minimum absolute atomic E-state index is 0.0331. The molecule has 3 rings (SSSR count). The lowest BCUT2D eigenvalue weighted by atomic mass is 10.2. The van der Waals surface area contributed by atoms with Gasteiger partial charge in [-0.3, -0.25) is 0 Å². The normalized spacial score (nSPS) is 11.5. The number of nitrogens with one attached hydrogen (secondary N) is 2. The highest BCUT2D eigenvalue weighted by Crippen LogP contribution is 2.36. The van der Waals surface area contributed by atoms with E-state index in [9.17, 15) is 18.0 Å². The number of fused-ring (bicyclic) bond motifs is 1. The maximum atomic E-state index is 12.7. The number of carbonyl (C=O) groups is 1. The third-order valence-corrected chi connectivity index (χ3v) is 3.26. The molecule has 3 N–H and O–H groups in total. The first-order valence-corrected chi connectivity index (χ1v) is 7.20. The fourth-order valence-electron chi connectivity index (χ4n) is 2.25. The van der Waals surface area contributed by atoms with Gasteiger partial charge in [-0.25, -0.2) is 4.79 Å². The first-order valence-electron chi connectivity index (χ1n) is 7.20. The molecule has 0 saturated heterocycles. The molecule has 2 aromatic heterocycles. The van der Waals surface area contributed by atoms with Crippen LogP contribution in [0.1, 0.15) is 11.4 Å². The molecule has 3 aromatic rings. The number of aromatic amines is 1. The van der Waals surface area contributed by atoms with Crippen molar-refractivity contribution < 1.29 is 37.1 Å². The highest BCUT2D eigenvalue weighted by atomic mass is 19.4. The summed E-state index contributed by atoms with van der Waals surface area (Å²) in [6.45, 7) is -0.154. The van der Waals surface area contributed by atoms with Crippen LogP contribution in [0.15, 0.2) is 35.1 Å². The molecule has 0 aliphatic carbocycles. The van der Waals surface area contributed by atoms with Crippen LogP contribution in [0.25, 0.3) is 10.9 Å². The maximum Gasteiger partial charge on any atom is 0.573 e. The van der Waals surface area contributed by atoms with Crippen molar-refractivity contribution in [3.8, 4) is 11.5 Å². The van der Waals surface area contributed by atoms with Crippen LogP contribution >= 0.6 is 0 Å². The topological polar surface area (TPSA) is 110 Å². The SMILES string of the molecule is O=C(O)NCc1cc2cc(OC(F)(F)F)c(OCc3ccon3)cc2[nH]1. The van der Waals surface area contributed by atoms with Crippen LogP contribution in [0.2, 0.25) is 0 Å². The molecule has 0 aliphatic rings. The number of alkyl halides is 3. The molecule has 2 heterocycles. The number of hydrogen-bond acceptors (Lipinski definition) is 5. The van der Waals surface area contributed by atoms with Gasteiger partial charge in [0.05, 0.1) is 6.54 Å². The minimum atomic E-state index is -4.90. The Morgan fingerprint density at radius 3 is 2.77 bits per heavy atom. The molecule has 0 saturated carbocycles. The average molecular weight is 371 g/mol. The Bertz CT molecular complexity index is 905. The van der Waals surface area contributed by atoms with Gasteiger partial charge in [0.2, 0.25) is 0 Å². The first-order chi connectivity index (χ1) is 12.3. The Morgan fingerprint density at radius 1 is 1.31 bits per heavy atom. The molecule has 0 fully saturated rings. The third-order valence-electron chi connectivity index (χ3n) is 3.26. The van der Waals surface area contributed by atoms with Crippen LogP contribution < -0.4 is 14.8 Å². The number of hydrogen-bond donors (Lipinski definition) is 3. The predicted molar refractivity (Wildman–Crippen MR) is 80.7 cm³/mol. The van der Waals surface area contributed by atoms with Gasteiger partial charge in [-0.2, -0.15) is 0 Å². The first kappa shape index (κ1) is 17.5. The summed E-state index contributed by atoms with van der Waals surface area (Å²) in [5.41, 5.74) is 1.31. The van der Waals surface area contributed by atoms with Crippen LogP contribution in [0.5, 0.6) is 11.5 Å². The molecule has 0 unspecified atom stereocenters. The van der Waals surface area contributed by atoms with Gasteiger partial charge in [0.25, 0.3) is 0 Å². The molecule has 11 heteroatoms. The molecule has 0 bridgehead atoms. The van der Waals surface area contributed by atoms with E-state index in [1.54, 1.807) is 0 Å². The van der Waals surface area contributed by atoms with Gasteiger partial charge in [-0.15, -0.1) is 13.2 Å². The number of aromatic nitrogens is 2. The average Bonchev–Trinajstić information content (AvgIpc) is 3.18. The number of carboxylic acid groups (broad SMARTS) is 1. The third kappa shape index (κ3) is 4.37. The summed E-state index contributed by atoms with van der Waals surface area (Å²) < 4.78 is 52.0. The fourth-order valence-corrected chi connectivity index (χ4v) is 2.25. The number of amides is 1. The van der Waals surface area contributed by atoms with E-state index < -0.39 is 18.2 Å². The largest absolute Gasteiger partial charge is 0.573 e. The molecule has 0 spiro atoms. The van der Waals surface area contributed by atoms with E-state index in [4.69, 9.17) is 9.84 Å². The molecule has 8 nitrogen and oxygen atoms in total. The fraction of sp³-hybridized carbons (Fsp3) is 0.200. The van der Waals surface area contributed by atoms with Crippen molar-refractivity contribution in [3.05, 3.63) is 41.9 Å². The van der Waals surface area contributed by atoms with Crippen molar-refractivity contribution in [2.75, 3.05) is 0 Å². The predicted octanol–water partition coefficient (Wildman–Crippen LogP) is 3.40. The van der Waals surface area contributed by atoms with E-state index in [1.807, 2.05) is 0 Å². The lowest BCUT2D eigenvalue weighted by molar-refractivity contribution is -0.275. The van der Waals surface area contributed by atoms with E-state index in [2.05, 4.69) is 24.7 Å². The van der Waals surface area contributed by atoms with Gasteiger partial charge >= 0.3 is 12.5 Å². The molecular weight excluding hydrogens is 359 g/mol. The minimum Gasteiger partial charge on any atom is -0.483 e. The summed E-state index contributed by atoms with van der Waals surface area (Å²) >= 11 is 0. The quantitative estimate of drug-likeness (QED) is 0.613. The summed E-state index contributed by atoms with van der Waals surface area (Å²) in [5, 5.41) is 14.8. The summed E-state index contributed by atoms with van der Waals surface area (Å²) in [7, 11) is 0. The van der Waals surface area contributed by atoms with Crippen LogP contribution in [0, 0.1) is 0 Å². The van der Waals surface area contributed by atoms with Crippen LogP contribution in [0.4, 0.5) is 18.0 Å². The molecule has 26 heavy (non-hydrogen) atoms. The number of rotatable bonds is 6. The highest BCUT2D eigenvalue weighted by molar-refractivity contribution is 5.84. The van der Waals surface area contributed by atoms with Gasteiger partial charge in [0.1, 0.15) is 18.6 Å². The number of halogens is 3. The Labute approximate surface area is 143 Å². The van der Waals surface area contributed by atoms with Crippen LogP contribution in [0.3, 0.4) is 0 Å². The van der Waals surface area contributed by atoms with Crippen molar-refractivity contribution in [2.24, 2.45) is 0 Å². The van der Waals surface area contributed by atoms with E-state index in [1.165, 1.54) is 24.5 Å². The standard InChI is InChI=1S/C15H12F3N3O5/c16-15(17,18)26-13-4-8-3-10(6-19-14(22)23)20-11(8)5-12(13)24-7-9-1-2-25-21-9/h1-5,19-20H,6-7H2,(H,22,23). The maximum absolute atomic E-state index is 12.7. The van der Waals surface area contributed by atoms with Crippen molar-refractivity contribution in [1.82, 2.24) is 15.5 Å². The Morgan fingerprint density at radius 2 is 2.12 bits per heavy atom. The Hall–Kier alpha value is -3.37. The summed E-state index contributed by atoms with van der Waals surface area (Å²) in [6.07, 6.45) is -4.81. The molecule has 138 valence electrons. The van der Waals surface area contributed by atoms with Crippen LogP contribution in [-0.2, 0) is 13.2 Å². The van der Waals surface area contributed by atoms with E-state index in [0.29, 0.717) is 22.3 Å². The molecule has 1 aromatic carbocycles. The molecule has 1 amide bonds. The van der Waals surface area contributed by atoms with Gasteiger partial charge in [-0.05, 0) is 12.1 Å². The van der Waals surface area contributed by atoms with Gasteiger partial charge in [-0.1, -0.05) is 5.16 Å². The summed E-state index contributed by atoms with van der Waals surface area (Å²) in [4.78, 5) is 13.4. The smallest absolute Gasteiger partial charge is 0.483 e. The number of benzene rings is 1. The number of ether oxygens (including phenoxy) is 2. The summed E-state index contributed by atoms with van der Waals surface area (Å²) in [5.74, 6) is -0.678. The molecular formula is C15H12F3N3O5. The molecule has 0 atom stereocenters. The van der Waals surface area contributed by atoms with Gasteiger partial charge < -0.3 is 29.4 Å².